The Labute approximate surface area is 325 Å². The molecule has 284 valence electrons. The molecule has 1 fully saturated rings. The van der Waals surface area contributed by atoms with E-state index in [-0.39, 0.29) is 34.4 Å². The van der Waals surface area contributed by atoms with Crippen molar-refractivity contribution in [3.8, 4) is 17.2 Å². The van der Waals surface area contributed by atoms with E-state index < -0.39 is 11.4 Å². The summed E-state index contributed by atoms with van der Waals surface area (Å²) in [7, 11) is 0. The molecule has 2 atom stereocenters. The Morgan fingerprint density at radius 2 is 1.15 bits per heavy atom. The smallest absolute Gasteiger partial charge is 0.344 e. The third kappa shape index (κ3) is 7.56. The van der Waals surface area contributed by atoms with Crippen LogP contribution in [0.4, 0.5) is 0 Å². The van der Waals surface area contributed by atoms with E-state index in [0.29, 0.717) is 22.4 Å². The van der Waals surface area contributed by atoms with Crippen LogP contribution in [0.5, 0.6) is 17.2 Å². The molecule has 6 heteroatoms. The summed E-state index contributed by atoms with van der Waals surface area (Å²) in [6.07, 6.45) is 7.35. The van der Waals surface area contributed by atoms with Gasteiger partial charge >= 0.3 is 5.97 Å². The number of rotatable bonds is 6. The molecule has 1 aliphatic rings. The van der Waals surface area contributed by atoms with Gasteiger partial charge in [-0.2, -0.15) is 0 Å². The SMILES string of the molecule is CC(C)(C)c1cc(C=N[C@@H]2CCCC[C@H]2N=Cc2cc(OC(=O)c3ccc4ccc5cccc6ccc3c4c56)cc(C(C)(C)C)c2O)c(O)c(C(C)(C)C)c1. The van der Waals surface area contributed by atoms with Gasteiger partial charge in [-0.3, -0.25) is 9.98 Å². The van der Waals surface area contributed by atoms with E-state index in [9.17, 15) is 15.0 Å². The Bertz CT molecular complexity index is 2460. The Hall–Kier alpha value is -5.23. The van der Waals surface area contributed by atoms with Crippen LogP contribution in [0.25, 0.3) is 32.3 Å². The van der Waals surface area contributed by atoms with Crippen molar-refractivity contribution in [3.05, 3.63) is 112 Å². The van der Waals surface area contributed by atoms with Gasteiger partial charge in [-0.1, -0.05) is 130 Å². The van der Waals surface area contributed by atoms with E-state index in [1.165, 1.54) is 0 Å². The number of carbonyl (C=O) groups is 1. The first-order valence-corrected chi connectivity index (χ1v) is 19.6. The predicted octanol–water partition coefficient (Wildman–Crippen LogP) is 12.0. The lowest BCUT2D eigenvalue weighted by molar-refractivity contribution is 0.0736. The van der Waals surface area contributed by atoms with E-state index in [2.05, 4.69) is 90.1 Å². The number of aromatic hydroxyl groups is 2. The number of phenols is 2. The molecule has 0 aromatic heterocycles. The molecule has 0 bridgehead atoms. The average Bonchev–Trinajstić information content (AvgIpc) is 3.12. The minimum atomic E-state index is -0.457. The second kappa shape index (κ2) is 14.1. The second-order valence-electron chi connectivity index (χ2n) is 18.5. The molecule has 7 rings (SSSR count). The van der Waals surface area contributed by atoms with Crippen LogP contribution in [0.2, 0.25) is 0 Å². The summed E-state index contributed by atoms with van der Waals surface area (Å²) in [5.74, 6) is 0.282. The third-order valence-electron chi connectivity index (χ3n) is 11.2. The van der Waals surface area contributed by atoms with Gasteiger partial charge in [0.25, 0.3) is 0 Å². The summed E-state index contributed by atoms with van der Waals surface area (Å²) in [6.45, 7) is 19.0. The van der Waals surface area contributed by atoms with E-state index in [1.807, 2.05) is 45.2 Å². The minimum absolute atomic E-state index is 0.0828. The molecule has 0 spiro atoms. The Balaban J connectivity index is 1.20. The minimum Gasteiger partial charge on any atom is -0.507 e. The van der Waals surface area contributed by atoms with Gasteiger partial charge in [-0.25, -0.2) is 4.79 Å². The van der Waals surface area contributed by atoms with Gasteiger partial charge in [0, 0.05) is 34.7 Å². The summed E-state index contributed by atoms with van der Waals surface area (Å²) in [5.41, 5.74) is 3.66. The number of esters is 1. The zero-order valence-electron chi connectivity index (χ0n) is 33.7. The highest BCUT2D eigenvalue weighted by Gasteiger charge is 2.28. The van der Waals surface area contributed by atoms with Crippen molar-refractivity contribution >= 4 is 50.7 Å². The third-order valence-corrected chi connectivity index (χ3v) is 11.2. The summed E-state index contributed by atoms with van der Waals surface area (Å²) >= 11 is 0. The molecule has 0 unspecified atom stereocenters. The van der Waals surface area contributed by atoms with Gasteiger partial charge in [0.05, 0.1) is 17.6 Å². The number of benzene rings is 6. The number of nitrogens with zero attached hydrogens (tertiary/aromatic N) is 2. The lowest BCUT2D eigenvalue weighted by Gasteiger charge is -2.28. The molecule has 0 radical (unpaired) electrons. The van der Waals surface area contributed by atoms with Crippen LogP contribution in [0.15, 0.2) is 88.8 Å². The maximum Gasteiger partial charge on any atom is 0.344 e. The Kier molecular flexibility index (Phi) is 9.77. The molecule has 0 heterocycles. The number of aliphatic imine (C=N–C) groups is 2. The van der Waals surface area contributed by atoms with Gasteiger partial charge in [0.2, 0.25) is 0 Å². The first-order chi connectivity index (χ1) is 25.9. The molecule has 0 amide bonds. The van der Waals surface area contributed by atoms with E-state index in [1.54, 1.807) is 18.3 Å². The van der Waals surface area contributed by atoms with Crippen molar-refractivity contribution in [2.75, 3.05) is 0 Å². The van der Waals surface area contributed by atoms with Crippen molar-refractivity contribution in [1.29, 1.82) is 0 Å². The topological polar surface area (TPSA) is 91.5 Å². The van der Waals surface area contributed by atoms with Crippen LogP contribution in [0.1, 0.15) is 126 Å². The van der Waals surface area contributed by atoms with E-state index >= 15 is 0 Å². The molecule has 0 saturated heterocycles. The zero-order chi connectivity index (χ0) is 39.4. The van der Waals surface area contributed by atoms with Gasteiger partial charge in [0.1, 0.15) is 17.2 Å². The maximum atomic E-state index is 14.0. The monoisotopic (exact) mass is 734 g/mol. The van der Waals surface area contributed by atoms with E-state index in [4.69, 9.17) is 14.7 Å². The highest BCUT2D eigenvalue weighted by Crippen LogP contribution is 2.40. The van der Waals surface area contributed by atoms with Crippen molar-refractivity contribution < 1.29 is 19.7 Å². The van der Waals surface area contributed by atoms with Crippen molar-refractivity contribution in [2.45, 2.75) is 116 Å². The molecule has 6 aromatic rings. The van der Waals surface area contributed by atoms with Crippen LogP contribution in [-0.2, 0) is 16.2 Å². The number of hydrogen-bond donors (Lipinski definition) is 2. The van der Waals surface area contributed by atoms with Gasteiger partial charge in [-0.05, 0) is 91.2 Å². The van der Waals surface area contributed by atoms with Crippen molar-refractivity contribution in [2.24, 2.45) is 9.98 Å². The van der Waals surface area contributed by atoms with Crippen LogP contribution in [0.3, 0.4) is 0 Å². The Morgan fingerprint density at radius 3 is 1.71 bits per heavy atom. The number of carbonyl (C=O) groups excluding carboxylic acids is 1. The molecule has 6 nitrogen and oxygen atoms in total. The highest BCUT2D eigenvalue weighted by molar-refractivity contribution is 6.26. The summed E-state index contributed by atoms with van der Waals surface area (Å²) in [4.78, 5) is 24.1. The van der Waals surface area contributed by atoms with Crippen molar-refractivity contribution in [1.82, 2.24) is 0 Å². The van der Waals surface area contributed by atoms with Gasteiger partial charge < -0.3 is 14.9 Å². The average molecular weight is 735 g/mol. The Morgan fingerprint density at radius 1 is 0.636 bits per heavy atom. The second-order valence-corrected chi connectivity index (χ2v) is 18.5. The van der Waals surface area contributed by atoms with Crippen LogP contribution >= 0.6 is 0 Å². The van der Waals surface area contributed by atoms with Gasteiger partial charge in [-0.15, -0.1) is 0 Å². The normalized spacial score (nSPS) is 17.3. The fraction of sp³-hybridized carbons (Fsp3) is 0.367. The quantitative estimate of drug-likeness (QED) is 0.0771. The molecule has 55 heavy (non-hydrogen) atoms. The molecular formula is C49H54N2O4. The molecule has 1 aliphatic carbocycles. The fourth-order valence-corrected chi connectivity index (χ4v) is 7.99. The van der Waals surface area contributed by atoms with Crippen LogP contribution in [-0.4, -0.2) is 40.7 Å². The fourth-order valence-electron chi connectivity index (χ4n) is 7.99. The molecule has 6 aromatic carbocycles. The summed E-state index contributed by atoms with van der Waals surface area (Å²) in [6, 6.07) is 25.8. The van der Waals surface area contributed by atoms with Crippen LogP contribution in [0, 0.1) is 0 Å². The number of phenolic OH excluding ortho intramolecular Hbond substituents is 2. The lowest BCUT2D eigenvalue weighted by atomic mass is 9.79. The maximum absolute atomic E-state index is 14.0. The predicted molar refractivity (Wildman–Crippen MR) is 229 cm³/mol. The molecule has 1 saturated carbocycles. The zero-order valence-corrected chi connectivity index (χ0v) is 33.7. The highest BCUT2D eigenvalue weighted by atomic mass is 16.5. The first-order valence-electron chi connectivity index (χ1n) is 19.6. The van der Waals surface area contributed by atoms with Gasteiger partial charge in [0.15, 0.2) is 0 Å². The van der Waals surface area contributed by atoms with E-state index in [0.717, 1.165) is 74.7 Å². The lowest BCUT2D eigenvalue weighted by Crippen LogP contribution is -2.27. The molecule has 2 N–H and O–H groups in total. The molecular weight excluding hydrogens is 681 g/mol. The summed E-state index contributed by atoms with van der Waals surface area (Å²) < 4.78 is 6.14. The first kappa shape index (κ1) is 38.1. The summed E-state index contributed by atoms with van der Waals surface area (Å²) in [5, 5.41) is 29.3. The number of ether oxygens (including phenoxy) is 1. The largest absolute Gasteiger partial charge is 0.507 e. The molecule has 0 aliphatic heterocycles. The van der Waals surface area contributed by atoms with Crippen LogP contribution < -0.4 is 4.74 Å². The number of hydrogen-bond acceptors (Lipinski definition) is 6. The van der Waals surface area contributed by atoms with Crippen molar-refractivity contribution in [3.63, 3.8) is 0 Å². The standard InChI is InChI=1S/C49H54N2O4/c1-47(2,3)34-23-32(44(52)38(25-34)48(4,5)6)27-50-40-15-10-11-16-41(40)51-28-33-24-35(26-39(45(33)53)49(7,8)9)55-46(54)37-22-20-31-18-17-29-13-12-14-30-19-21-36(37)43(31)42(29)30/h12-14,17-28,40-41,52-53H,10-11,15-16H2,1-9H3/t40-,41-/m1/s1.